The van der Waals surface area contributed by atoms with Crippen LogP contribution in [0.3, 0.4) is 0 Å². The minimum Gasteiger partial charge on any atom is -0.276 e. The number of nitrogens with zero attached hydrogens (tertiary/aromatic N) is 2. The van der Waals surface area contributed by atoms with Gasteiger partial charge >= 0.3 is 0 Å². The molecule has 0 saturated heterocycles. The molecule has 1 saturated carbocycles. The van der Waals surface area contributed by atoms with Crippen LogP contribution in [0.4, 0.5) is 0 Å². The molecule has 1 heterocycles. The van der Waals surface area contributed by atoms with E-state index in [1.807, 2.05) is 24.0 Å². The molecule has 1 aromatic rings. The molecule has 2 rings (SSSR count). The van der Waals surface area contributed by atoms with Gasteiger partial charge in [-0.25, -0.2) is 0 Å². The van der Waals surface area contributed by atoms with Gasteiger partial charge in [0.2, 0.25) is 0 Å². The maximum Gasteiger partial charge on any atom is 0.107 e. The van der Waals surface area contributed by atoms with Gasteiger partial charge in [0.05, 0.1) is 6.20 Å². The molecule has 1 fully saturated rings. The third-order valence-corrected chi connectivity index (χ3v) is 1.93. The first-order chi connectivity index (χ1) is 4.71. The van der Waals surface area contributed by atoms with Gasteiger partial charge in [0, 0.05) is 11.6 Å². The normalized spacial score (nSPS) is 20.9. The van der Waals surface area contributed by atoms with E-state index in [0.29, 0.717) is 0 Å². The molecular weight excluding hydrogens is 123 g/mol. The summed E-state index contributed by atoms with van der Waals surface area (Å²) in [6.07, 6.45) is 5.96. The second kappa shape index (κ2) is 1.65. The van der Waals surface area contributed by atoms with Crippen molar-refractivity contribution >= 4 is 7.85 Å². The van der Waals surface area contributed by atoms with Crippen LogP contribution >= 0.6 is 0 Å². The first-order valence-electron chi connectivity index (χ1n) is 3.51. The van der Waals surface area contributed by atoms with Gasteiger partial charge in [-0.3, -0.25) is 4.68 Å². The zero-order chi connectivity index (χ0) is 7.19. The van der Waals surface area contributed by atoms with Crippen LogP contribution in [-0.2, 0) is 5.44 Å². The lowest BCUT2D eigenvalue weighted by Gasteiger charge is -2.07. The van der Waals surface area contributed by atoms with Gasteiger partial charge in [0.25, 0.3) is 0 Å². The highest BCUT2D eigenvalue weighted by Gasteiger charge is 2.38. The first kappa shape index (κ1) is 6.02. The summed E-state index contributed by atoms with van der Waals surface area (Å²) in [6, 6.07) is 0. The van der Waals surface area contributed by atoms with Crippen LogP contribution in [0.2, 0.25) is 0 Å². The quantitative estimate of drug-likeness (QED) is 0.517. The molecule has 50 valence electrons. The Morgan fingerprint density at radius 2 is 2.40 bits per heavy atom. The minimum atomic E-state index is -0.131. The van der Waals surface area contributed by atoms with Gasteiger partial charge in [-0.15, -0.1) is 0 Å². The monoisotopic (exact) mass is 132 g/mol. The summed E-state index contributed by atoms with van der Waals surface area (Å²) in [5.41, 5.74) is 1.05. The molecule has 0 aliphatic heterocycles. The second-order valence-corrected chi connectivity index (χ2v) is 3.07. The molecule has 10 heavy (non-hydrogen) atoms. The Morgan fingerprint density at radius 1 is 1.70 bits per heavy atom. The fraction of sp³-hybridized carbons (Fsp3) is 0.571. The predicted octanol–water partition coefficient (Wildman–Crippen LogP) is 0.807. The number of hydrogen-bond acceptors (Lipinski definition) is 1. The Kier molecular flexibility index (Phi) is 0.995. The number of rotatable bonds is 1. The van der Waals surface area contributed by atoms with Crippen LogP contribution in [0, 0.1) is 6.92 Å². The Hall–Kier alpha value is -0.725. The average Bonchev–Trinajstić information content (AvgIpc) is 2.45. The van der Waals surface area contributed by atoms with E-state index in [9.17, 15) is 0 Å². The van der Waals surface area contributed by atoms with Crippen LogP contribution in [0.15, 0.2) is 12.4 Å². The van der Waals surface area contributed by atoms with E-state index in [1.54, 1.807) is 0 Å². The summed E-state index contributed by atoms with van der Waals surface area (Å²) in [4.78, 5) is 0. The van der Waals surface area contributed by atoms with Gasteiger partial charge in [0.15, 0.2) is 0 Å². The van der Waals surface area contributed by atoms with E-state index < -0.39 is 0 Å². The van der Waals surface area contributed by atoms with Crippen LogP contribution in [0.1, 0.15) is 18.4 Å². The van der Waals surface area contributed by atoms with Crippen molar-refractivity contribution in [1.82, 2.24) is 9.78 Å². The Labute approximate surface area is 61.6 Å². The Balaban J connectivity index is 2.34. The predicted molar refractivity (Wildman–Crippen MR) is 39.9 cm³/mol. The molecule has 0 unspecified atom stereocenters. The van der Waals surface area contributed by atoms with E-state index in [2.05, 4.69) is 5.10 Å². The zero-order valence-electron chi connectivity index (χ0n) is 6.04. The zero-order valence-corrected chi connectivity index (χ0v) is 6.04. The molecule has 1 aromatic heterocycles. The molecule has 0 atom stereocenters. The van der Waals surface area contributed by atoms with E-state index in [4.69, 9.17) is 7.85 Å². The third kappa shape index (κ3) is 0.771. The van der Waals surface area contributed by atoms with Gasteiger partial charge in [0.1, 0.15) is 7.85 Å². The fourth-order valence-electron chi connectivity index (χ4n) is 1.01. The smallest absolute Gasteiger partial charge is 0.107 e. The van der Waals surface area contributed by atoms with Gasteiger partial charge in [-0.2, -0.15) is 5.10 Å². The summed E-state index contributed by atoms with van der Waals surface area (Å²) in [7, 11) is 5.88. The molecule has 2 radical (unpaired) electrons. The lowest BCUT2D eigenvalue weighted by Crippen LogP contribution is -2.16. The summed E-state index contributed by atoms with van der Waals surface area (Å²) >= 11 is 0. The van der Waals surface area contributed by atoms with E-state index >= 15 is 0 Å². The molecule has 2 nitrogen and oxygen atoms in total. The van der Waals surface area contributed by atoms with E-state index in [1.165, 1.54) is 5.56 Å². The molecule has 0 amide bonds. The summed E-state index contributed by atoms with van der Waals surface area (Å²) in [5, 5.41) is 4.14. The molecular formula is C7H9BN2. The maximum atomic E-state index is 5.88. The highest BCUT2D eigenvalue weighted by molar-refractivity contribution is 6.15. The van der Waals surface area contributed by atoms with Crippen molar-refractivity contribution in [2.24, 2.45) is 0 Å². The highest BCUT2D eigenvalue weighted by atomic mass is 15.3. The lowest BCUT2D eigenvalue weighted by molar-refractivity contribution is 0.581. The number of aryl methyl sites for hydroxylation is 1. The molecule has 0 N–H and O–H groups in total. The van der Waals surface area contributed by atoms with Gasteiger partial charge < -0.3 is 0 Å². The lowest BCUT2D eigenvalue weighted by atomic mass is 9.94. The first-order valence-corrected chi connectivity index (χ1v) is 3.51. The molecule has 0 aromatic carbocycles. The van der Waals surface area contributed by atoms with Crippen molar-refractivity contribution in [3.05, 3.63) is 18.0 Å². The van der Waals surface area contributed by atoms with Crippen molar-refractivity contribution < 1.29 is 0 Å². The van der Waals surface area contributed by atoms with Crippen LogP contribution < -0.4 is 0 Å². The average molecular weight is 132 g/mol. The SMILES string of the molecule is [B]C1(n2cc(C)cn2)CC1. The second-order valence-electron chi connectivity index (χ2n) is 3.07. The van der Waals surface area contributed by atoms with Crippen LogP contribution in [-0.4, -0.2) is 17.6 Å². The molecule has 0 bridgehead atoms. The Morgan fingerprint density at radius 3 is 2.80 bits per heavy atom. The fourth-order valence-corrected chi connectivity index (χ4v) is 1.01. The number of aromatic nitrogens is 2. The van der Waals surface area contributed by atoms with Crippen LogP contribution in [0.25, 0.3) is 0 Å². The van der Waals surface area contributed by atoms with E-state index in [0.717, 1.165) is 12.8 Å². The molecule has 1 aliphatic rings. The minimum absolute atomic E-state index is 0.131. The van der Waals surface area contributed by atoms with Gasteiger partial charge in [-0.1, -0.05) is 0 Å². The van der Waals surface area contributed by atoms with Crippen molar-refractivity contribution in [1.29, 1.82) is 0 Å². The summed E-state index contributed by atoms with van der Waals surface area (Å²) in [6.45, 7) is 2.02. The van der Waals surface area contributed by atoms with Crippen molar-refractivity contribution in [2.75, 3.05) is 0 Å². The summed E-state index contributed by atoms with van der Waals surface area (Å²) in [5.74, 6) is 0. The van der Waals surface area contributed by atoms with Gasteiger partial charge in [-0.05, 0) is 25.3 Å². The molecule has 3 heteroatoms. The van der Waals surface area contributed by atoms with Crippen molar-refractivity contribution in [3.8, 4) is 0 Å². The Bertz CT molecular complexity index is 250. The van der Waals surface area contributed by atoms with Crippen molar-refractivity contribution in [3.63, 3.8) is 0 Å². The molecule has 1 aliphatic carbocycles. The summed E-state index contributed by atoms with van der Waals surface area (Å²) < 4.78 is 1.86. The largest absolute Gasteiger partial charge is 0.276 e. The standard InChI is InChI=1S/C7H9BN2/c1-6-4-9-10(5-6)7(8)2-3-7/h4-5H,2-3H2,1H3. The topological polar surface area (TPSA) is 17.8 Å². The van der Waals surface area contributed by atoms with Crippen LogP contribution in [0.5, 0.6) is 0 Å². The molecule has 0 spiro atoms. The maximum absolute atomic E-state index is 5.88. The van der Waals surface area contributed by atoms with E-state index in [-0.39, 0.29) is 5.44 Å². The third-order valence-electron chi connectivity index (χ3n) is 1.93. The highest BCUT2D eigenvalue weighted by Crippen LogP contribution is 2.39. The number of hydrogen-bond donors (Lipinski definition) is 0. The van der Waals surface area contributed by atoms with Crippen molar-refractivity contribution in [2.45, 2.75) is 25.2 Å².